The van der Waals surface area contributed by atoms with Crippen LogP contribution in [-0.2, 0) is 35.8 Å². The van der Waals surface area contributed by atoms with Gasteiger partial charge in [0, 0.05) is 71.1 Å². The Morgan fingerprint density at radius 1 is 0.510 bits per heavy atom. The van der Waals surface area contributed by atoms with Crippen molar-refractivity contribution in [2.45, 2.75) is 38.5 Å². The Morgan fingerprint density at radius 3 is 1.41 bits per heavy atom. The molecule has 0 amide bonds. The molecule has 0 saturated carbocycles. The van der Waals surface area contributed by atoms with Crippen LogP contribution >= 0.6 is 81.2 Å². The Bertz CT molecular complexity index is 1920. The summed E-state index contributed by atoms with van der Waals surface area (Å²) in [6, 6.07) is 23.7. The first kappa shape index (κ1) is 37.5. The summed E-state index contributed by atoms with van der Waals surface area (Å²) in [7, 11) is 0. The second kappa shape index (κ2) is 18.5. The van der Waals surface area contributed by atoms with Crippen molar-refractivity contribution < 1.29 is 9.47 Å². The lowest BCUT2D eigenvalue weighted by molar-refractivity contribution is 0.0280. The first-order valence-corrected chi connectivity index (χ1v) is 17.5. The molecule has 49 heavy (non-hydrogen) atoms. The Labute approximate surface area is 320 Å². The predicted octanol–water partition coefficient (Wildman–Crippen LogP) is 12.3. The molecule has 2 heterocycles. The van der Waals surface area contributed by atoms with Gasteiger partial charge in [-0.15, -0.1) is 0 Å². The second-order valence-corrected chi connectivity index (χ2v) is 13.8. The van der Waals surface area contributed by atoms with Gasteiger partial charge in [-0.3, -0.25) is 0 Å². The molecule has 0 spiro atoms. The van der Waals surface area contributed by atoms with E-state index in [2.05, 4.69) is 9.97 Å². The first-order chi connectivity index (χ1) is 23.6. The molecule has 0 aliphatic carbocycles. The van der Waals surface area contributed by atoms with Crippen LogP contribution in [-0.4, -0.2) is 19.1 Å². The van der Waals surface area contributed by atoms with E-state index in [4.69, 9.17) is 90.7 Å². The average molecular weight is 798 g/mol. The van der Waals surface area contributed by atoms with E-state index in [1.54, 1.807) is 55.4 Å². The van der Waals surface area contributed by atoms with Gasteiger partial charge in [0.25, 0.3) is 0 Å². The van der Waals surface area contributed by atoms with E-state index < -0.39 is 0 Å². The number of hydrogen-bond donors (Lipinski definition) is 0. The summed E-state index contributed by atoms with van der Waals surface area (Å²) in [5.74, 6) is 0. The van der Waals surface area contributed by atoms with Crippen molar-refractivity contribution in [2.75, 3.05) is 0 Å². The lowest BCUT2D eigenvalue weighted by Crippen LogP contribution is -2.12. The molecule has 6 aromatic rings. The SMILES string of the molecule is Clc1ccc(COC(Cn2ccnc2)c2ccc(Cl)cc2Cl)c(Cl)c1.Clc1ccc(COC(Cn2ccnc2)c2ccc(Cl)cc2Cl)cc1. The maximum atomic E-state index is 6.37. The third-order valence-corrected chi connectivity index (χ3v) is 9.27. The van der Waals surface area contributed by atoms with E-state index in [1.807, 2.05) is 70.1 Å². The fourth-order valence-electron chi connectivity index (χ4n) is 4.79. The van der Waals surface area contributed by atoms with Crippen LogP contribution in [0.5, 0.6) is 0 Å². The van der Waals surface area contributed by atoms with Crippen LogP contribution < -0.4 is 0 Å². The average Bonchev–Trinajstić information content (AvgIpc) is 3.78. The molecular weight excluding hydrogens is 769 g/mol. The van der Waals surface area contributed by atoms with Crippen LogP contribution in [0.1, 0.15) is 34.5 Å². The summed E-state index contributed by atoms with van der Waals surface area (Å²) < 4.78 is 16.1. The summed E-state index contributed by atoms with van der Waals surface area (Å²) in [5, 5.41) is 4.18. The number of aromatic nitrogens is 4. The Hall–Kier alpha value is -2.75. The van der Waals surface area contributed by atoms with Gasteiger partial charge in [-0.05, 0) is 59.7 Å². The van der Waals surface area contributed by atoms with Crippen molar-refractivity contribution in [3.63, 3.8) is 0 Å². The molecule has 0 bridgehead atoms. The molecule has 2 atom stereocenters. The first-order valence-electron chi connectivity index (χ1n) is 14.9. The van der Waals surface area contributed by atoms with Crippen LogP contribution in [0.2, 0.25) is 35.2 Å². The largest absolute Gasteiger partial charge is 0.367 e. The van der Waals surface area contributed by atoms with Crippen molar-refractivity contribution in [1.29, 1.82) is 0 Å². The molecule has 2 aromatic heterocycles. The minimum Gasteiger partial charge on any atom is -0.367 e. The highest BCUT2D eigenvalue weighted by Crippen LogP contribution is 2.32. The highest BCUT2D eigenvalue weighted by molar-refractivity contribution is 6.36. The van der Waals surface area contributed by atoms with Crippen LogP contribution in [0.4, 0.5) is 0 Å². The zero-order chi connectivity index (χ0) is 34.8. The van der Waals surface area contributed by atoms with Gasteiger partial charge in [0.1, 0.15) is 12.2 Å². The Balaban J connectivity index is 0.000000191. The Morgan fingerprint density at radius 2 is 0.959 bits per heavy atom. The lowest BCUT2D eigenvalue weighted by atomic mass is 10.1. The molecule has 0 fully saturated rings. The zero-order valence-corrected chi connectivity index (χ0v) is 31.0. The summed E-state index contributed by atoms with van der Waals surface area (Å²) >= 11 is 42.8. The summed E-state index contributed by atoms with van der Waals surface area (Å²) in [6.07, 6.45) is 10.2. The van der Waals surface area contributed by atoms with Gasteiger partial charge in [0.2, 0.25) is 0 Å². The summed E-state index contributed by atoms with van der Waals surface area (Å²) in [5.41, 5.74) is 3.64. The monoisotopic (exact) mass is 794 g/mol. The molecule has 0 radical (unpaired) electrons. The number of benzene rings is 4. The minimum atomic E-state index is -0.286. The maximum absolute atomic E-state index is 6.37. The van der Waals surface area contributed by atoms with Gasteiger partial charge < -0.3 is 18.6 Å². The zero-order valence-electron chi connectivity index (χ0n) is 25.7. The van der Waals surface area contributed by atoms with Crippen molar-refractivity contribution in [3.8, 4) is 0 Å². The van der Waals surface area contributed by atoms with Gasteiger partial charge in [-0.25, -0.2) is 9.97 Å². The highest BCUT2D eigenvalue weighted by atomic mass is 35.5. The summed E-state index contributed by atoms with van der Waals surface area (Å²) in [6.45, 7) is 1.95. The van der Waals surface area contributed by atoms with Crippen molar-refractivity contribution in [3.05, 3.63) is 174 Å². The standard InChI is InChI=1S/C18H14Cl4N2O.C18H15Cl3N2O/c19-13-2-1-12(16(21)7-13)10-25-18(9-24-6-5-23-11-24)15-4-3-14(20)8-17(15)22;19-14-3-1-13(2-4-14)11-24-18(10-23-8-7-22-12-23)16-6-5-15(20)9-17(16)21/h1-8,11,18H,9-10H2;1-9,12,18H,10-11H2. The fraction of sp³-hybridized carbons (Fsp3) is 0.167. The van der Waals surface area contributed by atoms with Gasteiger partial charge in [-0.2, -0.15) is 0 Å². The molecule has 0 N–H and O–H groups in total. The van der Waals surface area contributed by atoms with Crippen LogP contribution in [0, 0.1) is 0 Å². The molecular formula is C36H29Cl7N4O2. The van der Waals surface area contributed by atoms with E-state index in [0.717, 1.165) is 22.3 Å². The number of ether oxygens (including phenoxy) is 2. The minimum absolute atomic E-state index is 0.223. The van der Waals surface area contributed by atoms with Gasteiger partial charge >= 0.3 is 0 Å². The van der Waals surface area contributed by atoms with Crippen molar-refractivity contribution in [1.82, 2.24) is 19.1 Å². The van der Waals surface area contributed by atoms with Crippen LogP contribution in [0.25, 0.3) is 0 Å². The summed E-state index contributed by atoms with van der Waals surface area (Å²) in [4.78, 5) is 8.14. The van der Waals surface area contributed by atoms with Crippen LogP contribution in [0.15, 0.2) is 116 Å². The van der Waals surface area contributed by atoms with Crippen molar-refractivity contribution >= 4 is 81.2 Å². The third kappa shape index (κ3) is 11.4. The molecule has 13 heteroatoms. The molecule has 0 saturated heterocycles. The van der Waals surface area contributed by atoms with E-state index in [0.29, 0.717) is 61.5 Å². The number of rotatable bonds is 12. The topological polar surface area (TPSA) is 54.1 Å². The molecule has 0 aliphatic heterocycles. The van der Waals surface area contributed by atoms with Gasteiger partial charge in [0.05, 0.1) is 39.0 Å². The third-order valence-electron chi connectivity index (χ3n) is 7.31. The highest BCUT2D eigenvalue weighted by Gasteiger charge is 2.19. The molecule has 4 aromatic carbocycles. The van der Waals surface area contributed by atoms with E-state index in [9.17, 15) is 0 Å². The molecule has 2 unspecified atom stereocenters. The predicted molar refractivity (Wildman–Crippen MR) is 200 cm³/mol. The Kier molecular flexibility index (Phi) is 14.1. The van der Waals surface area contributed by atoms with Crippen molar-refractivity contribution in [2.24, 2.45) is 0 Å². The maximum Gasteiger partial charge on any atom is 0.102 e. The molecule has 254 valence electrons. The lowest BCUT2D eigenvalue weighted by Gasteiger charge is -2.21. The molecule has 6 nitrogen and oxygen atoms in total. The fourth-order valence-corrected chi connectivity index (χ4v) is 6.44. The van der Waals surface area contributed by atoms with E-state index >= 15 is 0 Å². The van der Waals surface area contributed by atoms with Crippen LogP contribution in [0.3, 0.4) is 0 Å². The normalized spacial score (nSPS) is 12.3. The van der Waals surface area contributed by atoms with Gasteiger partial charge in [-0.1, -0.05) is 112 Å². The van der Waals surface area contributed by atoms with Gasteiger partial charge in [0.15, 0.2) is 0 Å². The molecule has 0 aliphatic rings. The number of nitrogens with zero attached hydrogens (tertiary/aromatic N) is 4. The number of imidazole rings is 2. The second-order valence-electron chi connectivity index (χ2n) is 10.8. The quantitative estimate of drug-likeness (QED) is 0.124. The smallest absolute Gasteiger partial charge is 0.102 e. The number of hydrogen-bond acceptors (Lipinski definition) is 4. The van der Waals surface area contributed by atoms with E-state index in [1.165, 1.54) is 0 Å². The molecule has 6 rings (SSSR count). The number of halogens is 7. The van der Waals surface area contributed by atoms with E-state index in [-0.39, 0.29) is 12.2 Å².